The number of esters is 1. The van der Waals surface area contributed by atoms with Crippen LogP contribution in [0, 0.1) is 0 Å². The third-order valence-corrected chi connectivity index (χ3v) is 2.44. The Morgan fingerprint density at radius 1 is 1.24 bits per heavy atom. The number of carbonyl (C=O) groups is 2. The van der Waals surface area contributed by atoms with Crippen LogP contribution in [0.4, 0.5) is 0 Å². The predicted octanol–water partition coefficient (Wildman–Crippen LogP) is 2.25. The molecule has 2 N–H and O–H groups in total. The number of phenols is 1. The van der Waals surface area contributed by atoms with Gasteiger partial charge in [-0.2, -0.15) is 0 Å². The lowest BCUT2D eigenvalue weighted by Gasteiger charge is -2.22. The van der Waals surface area contributed by atoms with E-state index in [0.29, 0.717) is 0 Å². The van der Waals surface area contributed by atoms with Crippen molar-refractivity contribution in [3.8, 4) is 5.75 Å². The lowest BCUT2D eigenvalue weighted by Crippen LogP contribution is -2.41. The molecule has 5 heteroatoms. The molecule has 0 unspecified atom stereocenters. The Hall–Kier alpha value is -2.30. The first kappa shape index (κ1) is 16.8. The van der Waals surface area contributed by atoms with E-state index >= 15 is 0 Å². The normalized spacial score (nSPS) is 13.0. The summed E-state index contributed by atoms with van der Waals surface area (Å²) in [7, 11) is 0. The first-order valence-corrected chi connectivity index (χ1v) is 6.68. The van der Waals surface area contributed by atoms with E-state index in [4.69, 9.17) is 9.84 Å². The van der Waals surface area contributed by atoms with Crippen molar-refractivity contribution >= 4 is 18.0 Å². The van der Waals surface area contributed by atoms with Gasteiger partial charge in [0.2, 0.25) is 5.91 Å². The predicted molar refractivity (Wildman–Crippen MR) is 80.6 cm³/mol. The van der Waals surface area contributed by atoms with E-state index in [9.17, 15) is 9.59 Å². The van der Waals surface area contributed by atoms with Crippen LogP contribution in [0.3, 0.4) is 0 Å². The number of hydrogen-bond donors (Lipinski definition) is 2. The van der Waals surface area contributed by atoms with Crippen LogP contribution in [-0.2, 0) is 14.3 Å². The highest BCUT2D eigenvalue weighted by Gasteiger charge is 2.22. The van der Waals surface area contributed by atoms with Gasteiger partial charge in [-0.3, -0.25) is 4.79 Å². The molecule has 0 fully saturated rings. The zero-order chi connectivity index (χ0) is 16.0. The number of benzene rings is 1. The van der Waals surface area contributed by atoms with Crippen LogP contribution in [0.15, 0.2) is 30.3 Å². The average Bonchev–Trinajstić information content (AvgIpc) is 2.36. The van der Waals surface area contributed by atoms with Gasteiger partial charge < -0.3 is 15.2 Å². The molecule has 0 spiro atoms. The third-order valence-electron chi connectivity index (χ3n) is 2.44. The lowest BCUT2D eigenvalue weighted by atomic mass is 10.2. The van der Waals surface area contributed by atoms with Crippen molar-refractivity contribution in [1.29, 1.82) is 0 Å². The number of amides is 1. The Morgan fingerprint density at radius 2 is 1.81 bits per heavy atom. The van der Waals surface area contributed by atoms with E-state index in [2.05, 4.69) is 5.32 Å². The number of aromatic hydroxyl groups is 1. The molecular formula is C16H21NO4. The fourth-order valence-corrected chi connectivity index (χ4v) is 1.47. The minimum atomic E-state index is -0.721. The van der Waals surface area contributed by atoms with E-state index in [1.165, 1.54) is 18.2 Å². The molecule has 0 aliphatic carbocycles. The molecule has 114 valence electrons. The van der Waals surface area contributed by atoms with Gasteiger partial charge in [-0.1, -0.05) is 12.1 Å². The Balaban J connectivity index is 2.53. The zero-order valence-corrected chi connectivity index (χ0v) is 12.7. The number of carbonyl (C=O) groups excluding carboxylic acids is 2. The van der Waals surface area contributed by atoms with Crippen LogP contribution in [0.25, 0.3) is 6.08 Å². The molecule has 0 aliphatic rings. The molecule has 1 aromatic carbocycles. The van der Waals surface area contributed by atoms with E-state index in [1.54, 1.807) is 45.9 Å². The zero-order valence-electron chi connectivity index (χ0n) is 12.7. The van der Waals surface area contributed by atoms with Crippen LogP contribution in [0.5, 0.6) is 5.75 Å². The molecule has 0 saturated carbocycles. The maximum Gasteiger partial charge on any atom is 0.328 e. The van der Waals surface area contributed by atoms with E-state index < -0.39 is 17.6 Å². The van der Waals surface area contributed by atoms with Gasteiger partial charge >= 0.3 is 5.97 Å². The highest BCUT2D eigenvalue weighted by atomic mass is 16.6. The Kier molecular flexibility index (Phi) is 5.52. The number of ether oxygens (including phenoxy) is 1. The monoisotopic (exact) mass is 291 g/mol. The van der Waals surface area contributed by atoms with E-state index in [1.807, 2.05) is 0 Å². The average molecular weight is 291 g/mol. The summed E-state index contributed by atoms with van der Waals surface area (Å²) in [5.41, 5.74) is 0.186. The van der Waals surface area contributed by atoms with E-state index in [0.717, 1.165) is 5.56 Å². The third kappa shape index (κ3) is 6.61. The van der Waals surface area contributed by atoms with Crippen molar-refractivity contribution < 1.29 is 19.4 Å². The molecule has 0 bridgehead atoms. The van der Waals surface area contributed by atoms with Crippen LogP contribution < -0.4 is 5.32 Å². The molecule has 21 heavy (non-hydrogen) atoms. The van der Waals surface area contributed by atoms with Gasteiger partial charge in [0.1, 0.15) is 17.4 Å². The SMILES string of the molecule is C[C@@H](NC(=O)/C=C/c1ccc(O)cc1)C(=O)OC(C)(C)C. The second kappa shape index (κ2) is 6.92. The van der Waals surface area contributed by atoms with Gasteiger partial charge in [0, 0.05) is 6.08 Å². The minimum Gasteiger partial charge on any atom is -0.508 e. The second-order valence-corrected chi connectivity index (χ2v) is 5.69. The van der Waals surface area contributed by atoms with Crippen molar-refractivity contribution in [3.05, 3.63) is 35.9 Å². The largest absolute Gasteiger partial charge is 0.508 e. The molecule has 1 amide bonds. The summed E-state index contributed by atoms with van der Waals surface area (Å²) in [6.45, 7) is 6.87. The molecule has 0 saturated heterocycles. The lowest BCUT2D eigenvalue weighted by molar-refractivity contribution is -0.157. The highest BCUT2D eigenvalue weighted by molar-refractivity contribution is 5.94. The fourth-order valence-electron chi connectivity index (χ4n) is 1.47. The van der Waals surface area contributed by atoms with Crippen molar-refractivity contribution in [2.24, 2.45) is 0 Å². The number of hydrogen-bond acceptors (Lipinski definition) is 4. The topological polar surface area (TPSA) is 75.6 Å². The highest BCUT2D eigenvalue weighted by Crippen LogP contribution is 2.11. The molecule has 5 nitrogen and oxygen atoms in total. The summed E-state index contributed by atoms with van der Waals surface area (Å²) in [5, 5.41) is 11.7. The summed E-state index contributed by atoms with van der Waals surface area (Å²) in [4.78, 5) is 23.4. The van der Waals surface area contributed by atoms with Gasteiger partial charge in [0.25, 0.3) is 0 Å². The van der Waals surface area contributed by atoms with Gasteiger partial charge in [0.05, 0.1) is 0 Å². The van der Waals surface area contributed by atoms with Crippen LogP contribution >= 0.6 is 0 Å². The van der Waals surface area contributed by atoms with Crippen molar-refractivity contribution in [3.63, 3.8) is 0 Å². The quantitative estimate of drug-likeness (QED) is 0.659. The van der Waals surface area contributed by atoms with E-state index in [-0.39, 0.29) is 11.7 Å². The molecule has 1 rings (SSSR count). The first-order chi connectivity index (χ1) is 9.67. The smallest absolute Gasteiger partial charge is 0.328 e. The number of phenolic OH excluding ortho intramolecular Hbond substituents is 1. The molecule has 0 heterocycles. The Labute approximate surface area is 124 Å². The summed E-state index contributed by atoms with van der Waals surface area (Å²) >= 11 is 0. The van der Waals surface area contributed by atoms with Crippen LogP contribution in [-0.4, -0.2) is 28.6 Å². The van der Waals surface area contributed by atoms with Crippen molar-refractivity contribution in [1.82, 2.24) is 5.32 Å². The summed E-state index contributed by atoms with van der Waals surface area (Å²) < 4.78 is 5.17. The standard InChI is InChI=1S/C16H21NO4/c1-11(15(20)21-16(2,3)4)17-14(19)10-7-12-5-8-13(18)9-6-12/h5-11,18H,1-4H3,(H,17,19)/b10-7+/t11-/m1/s1. The van der Waals surface area contributed by atoms with Gasteiger partial charge in [0.15, 0.2) is 0 Å². The summed E-state index contributed by atoms with van der Waals surface area (Å²) in [5.74, 6) is -0.703. The van der Waals surface area contributed by atoms with Gasteiger partial charge in [-0.05, 0) is 51.5 Å². The maximum atomic E-state index is 11.7. The molecule has 0 radical (unpaired) electrons. The van der Waals surface area contributed by atoms with Crippen molar-refractivity contribution in [2.75, 3.05) is 0 Å². The molecule has 1 atom stereocenters. The molecule has 0 aromatic heterocycles. The second-order valence-electron chi connectivity index (χ2n) is 5.69. The number of nitrogens with one attached hydrogen (secondary N) is 1. The summed E-state index contributed by atoms with van der Waals surface area (Å²) in [6, 6.07) is 5.69. The molecular weight excluding hydrogens is 270 g/mol. The van der Waals surface area contributed by atoms with Gasteiger partial charge in [-0.15, -0.1) is 0 Å². The number of rotatable bonds is 4. The molecule has 1 aromatic rings. The van der Waals surface area contributed by atoms with Crippen LogP contribution in [0.2, 0.25) is 0 Å². The first-order valence-electron chi connectivity index (χ1n) is 6.68. The fraction of sp³-hybridized carbons (Fsp3) is 0.375. The Bertz CT molecular complexity index is 526. The Morgan fingerprint density at radius 3 is 2.33 bits per heavy atom. The van der Waals surface area contributed by atoms with Gasteiger partial charge in [-0.25, -0.2) is 4.79 Å². The minimum absolute atomic E-state index is 0.162. The molecule has 0 aliphatic heterocycles. The van der Waals surface area contributed by atoms with Crippen LogP contribution in [0.1, 0.15) is 33.3 Å². The summed E-state index contributed by atoms with van der Waals surface area (Å²) in [6.07, 6.45) is 2.92. The maximum absolute atomic E-state index is 11.7. The van der Waals surface area contributed by atoms with Crippen molar-refractivity contribution in [2.45, 2.75) is 39.3 Å².